The first-order valence-electron chi connectivity index (χ1n) is 7.32. The van der Waals surface area contributed by atoms with Gasteiger partial charge in [0.25, 0.3) is 4.84 Å². The highest BCUT2D eigenvalue weighted by Crippen LogP contribution is 2.24. The molecule has 0 saturated heterocycles. The van der Waals surface area contributed by atoms with Crippen molar-refractivity contribution in [3.63, 3.8) is 0 Å². The number of oxazole rings is 1. The lowest BCUT2D eigenvalue weighted by atomic mass is 9.99. The third kappa shape index (κ3) is 2.28. The van der Waals surface area contributed by atoms with E-state index in [0.29, 0.717) is 16.9 Å². The molecule has 0 saturated carbocycles. The van der Waals surface area contributed by atoms with Crippen LogP contribution in [0.3, 0.4) is 0 Å². The van der Waals surface area contributed by atoms with Gasteiger partial charge in [0, 0.05) is 5.56 Å². The molecule has 3 nitrogen and oxygen atoms in total. The van der Waals surface area contributed by atoms with Gasteiger partial charge in [0.05, 0.1) is 12.1 Å². The maximum absolute atomic E-state index is 11.7. The average Bonchev–Trinajstić information content (AvgIpc) is 2.90. The van der Waals surface area contributed by atoms with E-state index in [-0.39, 0.29) is 0 Å². The minimum Gasteiger partial charge on any atom is -0.429 e. The van der Waals surface area contributed by atoms with Crippen LogP contribution in [0.2, 0.25) is 0 Å². The SMILES string of the molecule is O=Cc1c(Cn2c(=S)oc3ccccc32)ccc2ccccc12. The molecule has 0 atom stereocenters. The number of fused-ring (bicyclic) bond motifs is 2. The van der Waals surface area contributed by atoms with Crippen LogP contribution in [0.15, 0.2) is 65.1 Å². The molecule has 0 amide bonds. The number of carbonyl (C=O) groups is 1. The Bertz CT molecular complexity index is 1090. The van der Waals surface area contributed by atoms with Crippen LogP contribution in [0.25, 0.3) is 21.9 Å². The first kappa shape index (κ1) is 13.9. The summed E-state index contributed by atoms with van der Waals surface area (Å²) in [5.74, 6) is 0. The predicted octanol–water partition coefficient (Wildman–Crippen LogP) is 4.98. The van der Waals surface area contributed by atoms with E-state index in [4.69, 9.17) is 16.6 Å². The molecule has 1 aromatic heterocycles. The second kappa shape index (κ2) is 5.48. The number of carbonyl (C=O) groups excluding carboxylic acids is 1. The number of benzene rings is 3. The van der Waals surface area contributed by atoms with Crippen LogP contribution in [0.5, 0.6) is 0 Å². The van der Waals surface area contributed by atoms with E-state index in [1.165, 1.54) is 0 Å². The van der Waals surface area contributed by atoms with Crippen molar-refractivity contribution in [3.8, 4) is 0 Å². The monoisotopic (exact) mass is 319 g/mol. The molecule has 3 aromatic carbocycles. The molecule has 4 aromatic rings. The van der Waals surface area contributed by atoms with Crippen molar-refractivity contribution in [3.05, 3.63) is 76.6 Å². The fraction of sp³-hybridized carbons (Fsp3) is 0.0526. The van der Waals surface area contributed by atoms with Gasteiger partial charge < -0.3 is 4.42 Å². The second-order valence-electron chi connectivity index (χ2n) is 5.40. The first-order valence-corrected chi connectivity index (χ1v) is 7.73. The van der Waals surface area contributed by atoms with Crippen molar-refractivity contribution in [1.82, 2.24) is 4.57 Å². The van der Waals surface area contributed by atoms with Gasteiger partial charge in [0.15, 0.2) is 11.9 Å². The Morgan fingerprint density at radius 1 is 1.00 bits per heavy atom. The highest BCUT2D eigenvalue weighted by Gasteiger charge is 2.11. The summed E-state index contributed by atoms with van der Waals surface area (Å²) in [6.45, 7) is 0.509. The Kier molecular flexibility index (Phi) is 3.32. The number of nitrogens with zero attached hydrogens (tertiary/aromatic N) is 1. The predicted molar refractivity (Wildman–Crippen MR) is 93.5 cm³/mol. The fourth-order valence-corrected chi connectivity index (χ4v) is 3.20. The van der Waals surface area contributed by atoms with Gasteiger partial charge in [-0.15, -0.1) is 0 Å². The topological polar surface area (TPSA) is 35.1 Å². The molecule has 0 aliphatic carbocycles. The summed E-state index contributed by atoms with van der Waals surface area (Å²) in [5.41, 5.74) is 3.32. The molecule has 1 heterocycles. The Labute approximate surface area is 137 Å². The number of para-hydroxylation sites is 2. The number of aromatic nitrogens is 1. The maximum Gasteiger partial charge on any atom is 0.269 e. The van der Waals surface area contributed by atoms with Gasteiger partial charge in [0.1, 0.15) is 0 Å². The summed E-state index contributed by atoms with van der Waals surface area (Å²) in [7, 11) is 0. The summed E-state index contributed by atoms with van der Waals surface area (Å²) < 4.78 is 7.54. The smallest absolute Gasteiger partial charge is 0.269 e. The van der Waals surface area contributed by atoms with Gasteiger partial charge >= 0.3 is 0 Å². The Morgan fingerprint density at radius 2 is 1.78 bits per heavy atom. The van der Waals surface area contributed by atoms with E-state index in [0.717, 1.165) is 33.7 Å². The summed E-state index contributed by atoms with van der Waals surface area (Å²) in [6.07, 6.45) is 0.920. The highest BCUT2D eigenvalue weighted by atomic mass is 32.1. The Hall–Kier alpha value is -2.72. The number of hydrogen-bond acceptors (Lipinski definition) is 3. The van der Waals surface area contributed by atoms with Gasteiger partial charge in [0.2, 0.25) is 0 Å². The fourth-order valence-electron chi connectivity index (χ4n) is 2.95. The number of hydrogen-bond donors (Lipinski definition) is 0. The van der Waals surface area contributed by atoms with Crippen molar-refractivity contribution in [2.24, 2.45) is 0 Å². The molecule has 0 unspecified atom stereocenters. The van der Waals surface area contributed by atoms with Crippen LogP contribution in [0, 0.1) is 4.84 Å². The quantitative estimate of drug-likeness (QED) is 0.395. The molecule has 0 N–H and O–H groups in total. The lowest BCUT2D eigenvalue weighted by Gasteiger charge is -2.09. The maximum atomic E-state index is 11.7. The molecule has 4 rings (SSSR count). The third-order valence-corrected chi connectivity index (χ3v) is 4.38. The van der Waals surface area contributed by atoms with E-state index in [2.05, 4.69) is 0 Å². The molecule has 0 bridgehead atoms. The zero-order valence-corrected chi connectivity index (χ0v) is 13.0. The molecule has 4 heteroatoms. The van der Waals surface area contributed by atoms with Crippen LogP contribution in [-0.4, -0.2) is 10.9 Å². The molecule has 0 aliphatic rings. The Morgan fingerprint density at radius 3 is 2.65 bits per heavy atom. The number of aldehydes is 1. The van der Waals surface area contributed by atoms with E-state index < -0.39 is 0 Å². The molecule has 23 heavy (non-hydrogen) atoms. The summed E-state index contributed by atoms with van der Waals surface area (Å²) in [4.78, 5) is 12.1. The standard InChI is InChI=1S/C19H13NO2S/c21-12-16-14(10-9-13-5-1-2-6-15(13)16)11-20-17-7-3-4-8-18(17)22-19(20)23/h1-10,12H,11H2. The van der Waals surface area contributed by atoms with Gasteiger partial charge in [-0.1, -0.05) is 48.5 Å². The van der Waals surface area contributed by atoms with E-state index in [9.17, 15) is 4.79 Å². The van der Waals surface area contributed by atoms with Crippen LogP contribution < -0.4 is 0 Å². The molecule has 0 radical (unpaired) electrons. The van der Waals surface area contributed by atoms with Crippen LogP contribution >= 0.6 is 12.2 Å². The molecular weight excluding hydrogens is 306 g/mol. The minimum absolute atomic E-state index is 0.413. The lowest BCUT2D eigenvalue weighted by Crippen LogP contribution is -2.03. The van der Waals surface area contributed by atoms with Crippen LogP contribution in [0.1, 0.15) is 15.9 Å². The second-order valence-corrected chi connectivity index (χ2v) is 5.75. The van der Waals surface area contributed by atoms with Crippen molar-refractivity contribution in [1.29, 1.82) is 0 Å². The first-order chi connectivity index (χ1) is 11.3. The van der Waals surface area contributed by atoms with Gasteiger partial charge in [-0.25, -0.2) is 0 Å². The minimum atomic E-state index is 0.413. The van der Waals surface area contributed by atoms with E-state index in [1.54, 1.807) is 0 Å². The van der Waals surface area contributed by atoms with Gasteiger partial charge in [-0.05, 0) is 40.7 Å². The highest BCUT2D eigenvalue weighted by molar-refractivity contribution is 7.71. The van der Waals surface area contributed by atoms with Crippen molar-refractivity contribution in [2.75, 3.05) is 0 Å². The molecule has 112 valence electrons. The molecule has 0 spiro atoms. The van der Waals surface area contributed by atoms with E-state index in [1.807, 2.05) is 65.2 Å². The van der Waals surface area contributed by atoms with Crippen molar-refractivity contribution < 1.29 is 9.21 Å². The molecule has 0 aliphatic heterocycles. The van der Waals surface area contributed by atoms with Crippen LogP contribution in [-0.2, 0) is 6.54 Å². The molecular formula is C19H13NO2S. The lowest BCUT2D eigenvalue weighted by molar-refractivity contribution is 0.112. The molecule has 0 fully saturated rings. The summed E-state index contributed by atoms with van der Waals surface area (Å²) >= 11 is 5.34. The van der Waals surface area contributed by atoms with Crippen LogP contribution in [0.4, 0.5) is 0 Å². The Balaban J connectivity index is 1.91. The largest absolute Gasteiger partial charge is 0.429 e. The van der Waals surface area contributed by atoms with Gasteiger partial charge in [-0.3, -0.25) is 9.36 Å². The summed E-state index contributed by atoms with van der Waals surface area (Å²) in [5, 5.41) is 2.01. The summed E-state index contributed by atoms with van der Waals surface area (Å²) in [6, 6.07) is 19.6. The van der Waals surface area contributed by atoms with Crippen molar-refractivity contribution >= 4 is 40.4 Å². The van der Waals surface area contributed by atoms with Gasteiger partial charge in [-0.2, -0.15) is 0 Å². The average molecular weight is 319 g/mol. The number of rotatable bonds is 3. The van der Waals surface area contributed by atoms with Crippen molar-refractivity contribution in [2.45, 2.75) is 6.54 Å². The zero-order chi connectivity index (χ0) is 15.8. The zero-order valence-electron chi connectivity index (χ0n) is 12.2. The van der Waals surface area contributed by atoms with E-state index >= 15 is 0 Å². The normalized spacial score (nSPS) is 11.1. The third-order valence-electron chi connectivity index (χ3n) is 4.08.